The van der Waals surface area contributed by atoms with Gasteiger partial charge in [0.25, 0.3) is 5.56 Å². The van der Waals surface area contributed by atoms with Crippen LogP contribution in [0.25, 0.3) is 16.7 Å². The van der Waals surface area contributed by atoms with Crippen LogP contribution in [0.3, 0.4) is 0 Å². The molecule has 0 aliphatic heterocycles. The van der Waals surface area contributed by atoms with Crippen LogP contribution >= 0.6 is 11.3 Å². The van der Waals surface area contributed by atoms with E-state index in [1.54, 1.807) is 16.0 Å². The average molecular weight is 379 g/mol. The molecule has 0 bridgehead atoms. The number of hydrogen-bond acceptors (Lipinski definition) is 5. The lowest BCUT2D eigenvalue weighted by atomic mass is 10.2. The van der Waals surface area contributed by atoms with Crippen molar-refractivity contribution in [2.45, 2.75) is 19.4 Å². The summed E-state index contributed by atoms with van der Waals surface area (Å²) in [6.45, 7) is 0.514. The molecule has 0 aliphatic carbocycles. The van der Waals surface area contributed by atoms with Crippen LogP contribution in [0.1, 0.15) is 17.1 Å². The SMILES string of the molecule is O=C(CCc1nc2c(cnn2-c2ccccc2)c(=O)[nH]1)NCc1cccs1. The summed E-state index contributed by atoms with van der Waals surface area (Å²) in [5.74, 6) is 0.388. The van der Waals surface area contributed by atoms with Crippen molar-refractivity contribution in [1.29, 1.82) is 0 Å². The number of H-pyrrole nitrogens is 1. The fraction of sp³-hybridized carbons (Fsp3) is 0.158. The van der Waals surface area contributed by atoms with Crippen molar-refractivity contribution in [1.82, 2.24) is 25.1 Å². The number of hydrogen-bond donors (Lipinski definition) is 2. The number of aromatic nitrogens is 4. The maximum Gasteiger partial charge on any atom is 0.262 e. The van der Waals surface area contributed by atoms with E-state index in [0.29, 0.717) is 29.8 Å². The number of fused-ring (bicyclic) bond motifs is 1. The second-order valence-corrected chi connectivity index (χ2v) is 7.03. The summed E-state index contributed by atoms with van der Waals surface area (Å²) in [7, 11) is 0. The van der Waals surface area contributed by atoms with Crippen LogP contribution in [-0.4, -0.2) is 25.7 Å². The number of aryl methyl sites for hydroxylation is 1. The third-order valence-corrected chi connectivity index (χ3v) is 4.99. The van der Waals surface area contributed by atoms with Gasteiger partial charge in [-0.25, -0.2) is 9.67 Å². The molecule has 0 radical (unpaired) electrons. The highest BCUT2D eigenvalue weighted by atomic mass is 32.1. The Kier molecular flexibility index (Phi) is 4.80. The summed E-state index contributed by atoms with van der Waals surface area (Å²) < 4.78 is 1.63. The Bertz CT molecular complexity index is 1120. The molecule has 136 valence electrons. The Labute approximate surface area is 158 Å². The van der Waals surface area contributed by atoms with Crippen molar-refractivity contribution < 1.29 is 4.79 Å². The molecule has 7 nitrogen and oxygen atoms in total. The molecule has 0 atom stereocenters. The minimum atomic E-state index is -0.254. The minimum absolute atomic E-state index is 0.0808. The van der Waals surface area contributed by atoms with Crippen molar-refractivity contribution in [3.05, 3.63) is 75.1 Å². The second kappa shape index (κ2) is 7.55. The summed E-state index contributed by atoms with van der Waals surface area (Å²) in [6, 6.07) is 13.4. The average Bonchev–Trinajstić information content (AvgIpc) is 3.35. The van der Waals surface area contributed by atoms with E-state index in [9.17, 15) is 9.59 Å². The first kappa shape index (κ1) is 17.2. The lowest BCUT2D eigenvalue weighted by molar-refractivity contribution is -0.121. The molecular weight excluding hydrogens is 362 g/mol. The van der Waals surface area contributed by atoms with Gasteiger partial charge in [0.1, 0.15) is 11.2 Å². The van der Waals surface area contributed by atoms with Gasteiger partial charge in [-0.2, -0.15) is 5.10 Å². The number of nitrogens with zero attached hydrogens (tertiary/aromatic N) is 3. The second-order valence-electron chi connectivity index (χ2n) is 6.00. The fourth-order valence-corrected chi connectivity index (χ4v) is 3.40. The topological polar surface area (TPSA) is 92.7 Å². The lowest BCUT2D eigenvalue weighted by Crippen LogP contribution is -2.23. The van der Waals surface area contributed by atoms with Gasteiger partial charge in [0.15, 0.2) is 5.65 Å². The summed E-state index contributed by atoms with van der Waals surface area (Å²) in [5, 5.41) is 9.54. The molecule has 8 heteroatoms. The van der Waals surface area contributed by atoms with Gasteiger partial charge in [0, 0.05) is 17.7 Å². The molecule has 27 heavy (non-hydrogen) atoms. The van der Waals surface area contributed by atoms with Crippen LogP contribution in [0.2, 0.25) is 0 Å². The third-order valence-electron chi connectivity index (χ3n) is 4.12. The van der Waals surface area contributed by atoms with Crippen LogP contribution in [0.4, 0.5) is 0 Å². The van der Waals surface area contributed by atoms with Crippen LogP contribution in [0.15, 0.2) is 58.8 Å². The molecule has 1 amide bonds. The van der Waals surface area contributed by atoms with E-state index in [4.69, 9.17) is 0 Å². The van der Waals surface area contributed by atoms with Crippen molar-refractivity contribution in [2.24, 2.45) is 0 Å². The summed E-state index contributed by atoms with van der Waals surface area (Å²) in [5.41, 5.74) is 1.06. The first-order valence-electron chi connectivity index (χ1n) is 8.52. The number of amides is 1. The van der Waals surface area contributed by atoms with Gasteiger partial charge < -0.3 is 10.3 Å². The highest BCUT2D eigenvalue weighted by Gasteiger charge is 2.12. The number of nitrogens with one attached hydrogen (secondary N) is 2. The zero-order chi connectivity index (χ0) is 18.6. The number of benzene rings is 1. The highest BCUT2D eigenvalue weighted by molar-refractivity contribution is 7.09. The standard InChI is InChI=1S/C19H17N5O2S/c25-17(20-11-14-7-4-10-27-14)9-8-16-22-18-15(19(26)23-16)12-21-24(18)13-5-2-1-3-6-13/h1-7,10,12H,8-9,11H2,(H,20,25)(H,22,23,26). The normalized spacial score (nSPS) is 11.0. The van der Waals surface area contributed by atoms with E-state index >= 15 is 0 Å². The predicted molar refractivity (Wildman–Crippen MR) is 104 cm³/mol. The quantitative estimate of drug-likeness (QED) is 0.538. The zero-order valence-electron chi connectivity index (χ0n) is 14.4. The van der Waals surface area contributed by atoms with E-state index < -0.39 is 0 Å². The molecule has 3 aromatic heterocycles. The van der Waals surface area contributed by atoms with Gasteiger partial charge >= 0.3 is 0 Å². The van der Waals surface area contributed by atoms with E-state index in [0.717, 1.165) is 10.6 Å². The number of carbonyl (C=O) groups excluding carboxylic acids is 1. The van der Waals surface area contributed by atoms with Crippen LogP contribution in [0, 0.1) is 0 Å². The Balaban J connectivity index is 1.50. The first-order valence-corrected chi connectivity index (χ1v) is 9.40. The molecule has 0 aliphatic rings. The number of thiophene rings is 1. The Morgan fingerprint density at radius 2 is 2.04 bits per heavy atom. The van der Waals surface area contributed by atoms with Crippen molar-refractivity contribution in [2.75, 3.05) is 0 Å². The summed E-state index contributed by atoms with van der Waals surface area (Å²) in [4.78, 5) is 32.7. The van der Waals surface area contributed by atoms with E-state index in [-0.39, 0.29) is 17.9 Å². The molecule has 4 aromatic rings. The molecule has 2 N–H and O–H groups in total. The Hall–Kier alpha value is -3.26. The molecule has 0 unspecified atom stereocenters. The maximum absolute atomic E-state index is 12.3. The lowest BCUT2D eigenvalue weighted by Gasteiger charge is -2.05. The predicted octanol–water partition coefficient (Wildman–Crippen LogP) is 2.42. The van der Waals surface area contributed by atoms with Crippen LogP contribution in [-0.2, 0) is 17.8 Å². The maximum atomic E-state index is 12.3. The zero-order valence-corrected chi connectivity index (χ0v) is 15.2. The van der Waals surface area contributed by atoms with Gasteiger partial charge in [0.05, 0.1) is 18.4 Å². The number of para-hydroxylation sites is 1. The molecule has 4 rings (SSSR count). The molecule has 0 saturated carbocycles. The third kappa shape index (κ3) is 3.80. The van der Waals surface area contributed by atoms with Crippen LogP contribution < -0.4 is 10.9 Å². The summed E-state index contributed by atoms with van der Waals surface area (Å²) >= 11 is 1.60. The Morgan fingerprint density at radius 3 is 2.81 bits per heavy atom. The fourth-order valence-electron chi connectivity index (χ4n) is 2.76. The van der Waals surface area contributed by atoms with Crippen molar-refractivity contribution in [3.8, 4) is 5.69 Å². The molecule has 0 spiro atoms. The number of rotatable bonds is 6. The molecule has 1 aromatic carbocycles. The van der Waals surface area contributed by atoms with Gasteiger partial charge in [0.2, 0.25) is 5.91 Å². The van der Waals surface area contributed by atoms with Gasteiger partial charge in [-0.1, -0.05) is 24.3 Å². The van der Waals surface area contributed by atoms with Gasteiger partial charge in [-0.05, 0) is 23.6 Å². The largest absolute Gasteiger partial charge is 0.351 e. The Morgan fingerprint density at radius 1 is 1.19 bits per heavy atom. The van der Waals surface area contributed by atoms with E-state index in [1.807, 2.05) is 47.8 Å². The molecule has 0 saturated heterocycles. The minimum Gasteiger partial charge on any atom is -0.351 e. The van der Waals surface area contributed by atoms with Gasteiger partial charge in [-0.15, -0.1) is 11.3 Å². The highest BCUT2D eigenvalue weighted by Crippen LogP contribution is 2.14. The van der Waals surface area contributed by atoms with Crippen molar-refractivity contribution in [3.63, 3.8) is 0 Å². The van der Waals surface area contributed by atoms with E-state index in [1.165, 1.54) is 6.20 Å². The number of aromatic amines is 1. The van der Waals surface area contributed by atoms with E-state index in [2.05, 4.69) is 20.4 Å². The molecule has 3 heterocycles. The van der Waals surface area contributed by atoms with Crippen LogP contribution in [0.5, 0.6) is 0 Å². The molecule has 0 fully saturated rings. The van der Waals surface area contributed by atoms with Crippen molar-refractivity contribution >= 4 is 28.3 Å². The molecular formula is C19H17N5O2S. The first-order chi connectivity index (χ1) is 13.2. The smallest absolute Gasteiger partial charge is 0.262 e. The summed E-state index contributed by atoms with van der Waals surface area (Å²) in [6.07, 6.45) is 2.10. The monoisotopic (exact) mass is 379 g/mol. The number of carbonyl (C=O) groups is 1. The van der Waals surface area contributed by atoms with Gasteiger partial charge in [-0.3, -0.25) is 9.59 Å².